The van der Waals surface area contributed by atoms with Crippen molar-refractivity contribution in [3.8, 4) is 0 Å². The molecular formula is C25H29FN4O3. The Balaban J connectivity index is 1.45. The predicted molar refractivity (Wildman–Crippen MR) is 122 cm³/mol. The largest absolute Gasteiger partial charge is 0.378 e. The van der Waals surface area contributed by atoms with Crippen LogP contribution in [0.25, 0.3) is 0 Å². The number of piperidine rings is 1. The Kier molecular flexibility index (Phi) is 5.78. The Morgan fingerprint density at radius 1 is 1.18 bits per heavy atom. The Morgan fingerprint density at radius 3 is 2.70 bits per heavy atom. The maximum Gasteiger partial charge on any atom is 0.254 e. The molecule has 4 heterocycles. The highest BCUT2D eigenvalue weighted by Gasteiger charge is 2.53. The van der Waals surface area contributed by atoms with Gasteiger partial charge in [0.05, 0.1) is 18.8 Å². The summed E-state index contributed by atoms with van der Waals surface area (Å²) in [5.74, 6) is 0.442. The first-order valence-electron chi connectivity index (χ1n) is 11.6. The number of ether oxygens (including phenoxy) is 1. The van der Waals surface area contributed by atoms with E-state index in [2.05, 4.69) is 9.88 Å². The van der Waals surface area contributed by atoms with Crippen molar-refractivity contribution in [2.24, 2.45) is 0 Å². The molecule has 2 amide bonds. The molecule has 0 saturated carbocycles. The Labute approximate surface area is 193 Å². The van der Waals surface area contributed by atoms with Gasteiger partial charge in [0, 0.05) is 57.3 Å². The number of nitrogens with zero attached hydrogens (tertiary/aromatic N) is 4. The zero-order valence-electron chi connectivity index (χ0n) is 18.9. The molecule has 0 aliphatic carbocycles. The van der Waals surface area contributed by atoms with Gasteiger partial charge in [0.25, 0.3) is 5.91 Å². The van der Waals surface area contributed by atoms with E-state index < -0.39 is 5.54 Å². The minimum atomic E-state index is -0.483. The molecule has 7 nitrogen and oxygen atoms in total. The summed E-state index contributed by atoms with van der Waals surface area (Å²) in [5.41, 5.74) is 1.06. The van der Waals surface area contributed by atoms with E-state index in [1.165, 1.54) is 12.1 Å². The first kappa shape index (κ1) is 21.8. The molecule has 8 heteroatoms. The van der Waals surface area contributed by atoms with Gasteiger partial charge in [0.1, 0.15) is 11.6 Å². The summed E-state index contributed by atoms with van der Waals surface area (Å²) in [5, 5.41) is 0. The smallest absolute Gasteiger partial charge is 0.254 e. The van der Waals surface area contributed by atoms with Gasteiger partial charge in [0.15, 0.2) is 0 Å². The lowest BCUT2D eigenvalue weighted by Crippen LogP contribution is -2.57. The number of anilines is 1. The van der Waals surface area contributed by atoms with Crippen LogP contribution in [-0.4, -0.2) is 78.6 Å². The van der Waals surface area contributed by atoms with Crippen molar-refractivity contribution < 1.29 is 18.7 Å². The number of benzene rings is 1. The maximum atomic E-state index is 13.6. The van der Waals surface area contributed by atoms with E-state index in [9.17, 15) is 14.0 Å². The molecule has 174 valence electrons. The van der Waals surface area contributed by atoms with Crippen LogP contribution in [0.1, 0.15) is 41.1 Å². The van der Waals surface area contributed by atoms with Crippen LogP contribution in [0.5, 0.6) is 0 Å². The third-order valence-corrected chi connectivity index (χ3v) is 7.45. The van der Waals surface area contributed by atoms with E-state index >= 15 is 0 Å². The lowest BCUT2D eigenvalue weighted by Gasteiger charge is -2.46. The maximum absolute atomic E-state index is 13.6. The molecule has 0 radical (unpaired) electrons. The van der Waals surface area contributed by atoms with E-state index in [-0.39, 0.29) is 23.5 Å². The van der Waals surface area contributed by atoms with Gasteiger partial charge in [-0.2, -0.15) is 0 Å². The van der Waals surface area contributed by atoms with Crippen LogP contribution >= 0.6 is 0 Å². The van der Waals surface area contributed by atoms with Gasteiger partial charge in [0.2, 0.25) is 5.91 Å². The number of halogens is 1. The highest BCUT2D eigenvalue weighted by Crippen LogP contribution is 2.46. The van der Waals surface area contributed by atoms with Crippen molar-refractivity contribution in [3.63, 3.8) is 0 Å². The summed E-state index contributed by atoms with van der Waals surface area (Å²) in [6.07, 6.45) is 3.81. The number of aromatic nitrogens is 1. The summed E-state index contributed by atoms with van der Waals surface area (Å²) in [6, 6.07) is 10.1. The first-order chi connectivity index (χ1) is 16.0. The van der Waals surface area contributed by atoms with Gasteiger partial charge in [-0.3, -0.25) is 9.59 Å². The van der Waals surface area contributed by atoms with Crippen LogP contribution in [0.15, 0.2) is 42.6 Å². The lowest BCUT2D eigenvalue weighted by atomic mass is 9.75. The van der Waals surface area contributed by atoms with Crippen molar-refractivity contribution in [1.82, 2.24) is 14.8 Å². The number of amides is 2. The van der Waals surface area contributed by atoms with E-state index in [1.807, 2.05) is 22.9 Å². The zero-order chi connectivity index (χ0) is 23.0. The fourth-order valence-corrected chi connectivity index (χ4v) is 5.58. The molecule has 1 aromatic heterocycles. The van der Waals surface area contributed by atoms with Crippen molar-refractivity contribution in [2.75, 3.05) is 51.3 Å². The Hall–Kier alpha value is -3.00. The SMILES string of the molecule is CN1C(=O)CCC[C@]12CN(C(=O)c1ccnc(N3CCOCC3)c1)C[C@H]2c1ccc(F)cc1. The van der Waals surface area contributed by atoms with Gasteiger partial charge in [-0.05, 0) is 42.7 Å². The first-order valence-corrected chi connectivity index (χ1v) is 11.6. The number of carbonyl (C=O) groups excluding carboxylic acids is 2. The number of hydrogen-bond donors (Lipinski definition) is 0. The van der Waals surface area contributed by atoms with E-state index in [0.717, 1.165) is 37.3 Å². The number of likely N-dealkylation sites (N-methyl/N-ethyl adjacent to an activating group) is 1. The van der Waals surface area contributed by atoms with Gasteiger partial charge >= 0.3 is 0 Å². The molecule has 5 rings (SSSR count). The predicted octanol–water partition coefficient (Wildman–Crippen LogP) is 2.68. The molecule has 1 aromatic carbocycles. The standard InChI is InChI=1S/C25H29FN4O3/c1-28-23(31)3-2-9-25(28)17-30(16-21(25)18-4-6-20(26)7-5-18)24(32)19-8-10-27-22(15-19)29-11-13-33-14-12-29/h4-8,10,15,21H,2-3,9,11-14,16-17H2,1H3/t21-,25+/m0/s1. The second-order valence-corrected chi connectivity index (χ2v) is 9.20. The number of morpholine rings is 1. The second-order valence-electron chi connectivity index (χ2n) is 9.20. The van der Waals surface area contributed by atoms with E-state index in [0.29, 0.717) is 38.3 Å². The highest BCUT2D eigenvalue weighted by atomic mass is 19.1. The monoisotopic (exact) mass is 452 g/mol. The fourth-order valence-electron chi connectivity index (χ4n) is 5.58. The van der Waals surface area contributed by atoms with Crippen LogP contribution in [-0.2, 0) is 9.53 Å². The van der Waals surface area contributed by atoms with E-state index in [1.54, 1.807) is 24.4 Å². The van der Waals surface area contributed by atoms with Crippen LogP contribution in [0.2, 0.25) is 0 Å². The summed E-state index contributed by atoms with van der Waals surface area (Å²) >= 11 is 0. The highest BCUT2D eigenvalue weighted by molar-refractivity contribution is 5.95. The number of rotatable bonds is 3. The number of pyridine rings is 1. The van der Waals surface area contributed by atoms with Crippen molar-refractivity contribution in [1.29, 1.82) is 0 Å². The third-order valence-electron chi connectivity index (χ3n) is 7.45. The van der Waals surface area contributed by atoms with Crippen molar-refractivity contribution >= 4 is 17.6 Å². The molecule has 3 fully saturated rings. The molecule has 0 unspecified atom stereocenters. The minimum absolute atomic E-state index is 0.0673. The van der Waals surface area contributed by atoms with Crippen molar-refractivity contribution in [3.05, 3.63) is 59.5 Å². The van der Waals surface area contributed by atoms with Gasteiger partial charge < -0.3 is 19.4 Å². The second kappa shape index (κ2) is 8.74. The molecule has 1 spiro atoms. The summed E-state index contributed by atoms with van der Waals surface area (Å²) in [4.78, 5) is 36.6. The quantitative estimate of drug-likeness (QED) is 0.717. The van der Waals surface area contributed by atoms with Crippen LogP contribution in [0.4, 0.5) is 10.2 Å². The molecule has 0 N–H and O–H groups in total. The lowest BCUT2D eigenvalue weighted by molar-refractivity contribution is -0.139. The van der Waals surface area contributed by atoms with E-state index in [4.69, 9.17) is 4.74 Å². The molecule has 2 atom stereocenters. The minimum Gasteiger partial charge on any atom is -0.378 e. The summed E-state index contributed by atoms with van der Waals surface area (Å²) in [6.45, 7) is 3.74. The van der Waals surface area contributed by atoms with Gasteiger partial charge in [-0.25, -0.2) is 9.37 Å². The van der Waals surface area contributed by atoms with Crippen LogP contribution < -0.4 is 4.90 Å². The van der Waals surface area contributed by atoms with Gasteiger partial charge in [-0.1, -0.05) is 12.1 Å². The zero-order valence-corrected chi connectivity index (χ0v) is 18.9. The van der Waals surface area contributed by atoms with Gasteiger partial charge in [-0.15, -0.1) is 0 Å². The fraction of sp³-hybridized carbons (Fsp3) is 0.480. The molecular weight excluding hydrogens is 423 g/mol. The molecule has 3 aliphatic heterocycles. The molecule has 2 aromatic rings. The average molecular weight is 453 g/mol. The summed E-state index contributed by atoms with van der Waals surface area (Å²) < 4.78 is 19.0. The topological polar surface area (TPSA) is 66.0 Å². The Bertz CT molecular complexity index is 1040. The molecule has 0 bridgehead atoms. The van der Waals surface area contributed by atoms with Crippen LogP contribution in [0, 0.1) is 5.82 Å². The molecule has 3 saturated heterocycles. The number of likely N-dealkylation sites (tertiary alicyclic amines) is 2. The summed E-state index contributed by atoms with van der Waals surface area (Å²) in [7, 11) is 1.84. The Morgan fingerprint density at radius 2 is 1.94 bits per heavy atom. The van der Waals surface area contributed by atoms with Crippen molar-refractivity contribution in [2.45, 2.75) is 30.7 Å². The molecule has 33 heavy (non-hydrogen) atoms. The number of carbonyl (C=O) groups is 2. The third kappa shape index (κ3) is 3.97. The van der Waals surface area contributed by atoms with Crippen LogP contribution in [0.3, 0.4) is 0 Å². The number of hydrogen-bond acceptors (Lipinski definition) is 5. The average Bonchev–Trinajstić information content (AvgIpc) is 3.23. The molecule has 3 aliphatic rings. The normalized spacial score (nSPS) is 25.7.